The molecule has 1 aromatic heterocycles. The van der Waals surface area contributed by atoms with Crippen molar-refractivity contribution in [2.75, 3.05) is 7.11 Å². The summed E-state index contributed by atoms with van der Waals surface area (Å²) in [5.74, 6) is 1.62. The highest BCUT2D eigenvalue weighted by atomic mass is 16.5. The van der Waals surface area contributed by atoms with Crippen molar-refractivity contribution in [3.63, 3.8) is 0 Å². The molecule has 0 atom stereocenters. The number of pyridine rings is 1. The quantitative estimate of drug-likeness (QED) is 0.295. The monoisotopic (exact) mass is 592 g/mol. The van der Waals surface area contributed by atoms with Crippen LogP contribution < -0.4 is 20.3 Å². The molecule has 4 rings (SSSR count). The lowest BCUT2D eigenvalue weighted by molar-refractivity contribution is 0.0780. The van der Waals surface area contributed by atoms with Crippen LogP contribution in [0.15, 0.2) is 47.4 Å². The number of rotatable bonds is 8. The zero-order valence-corrected chi connectivity index (χ0v) is 26.4. The van der Waals surface area contributed by atoms with Crippen LogP contribution >= 0.6 is 0 Å². The molecule has 1 saturated carbocycles. The Kier molecular flexibility index (Phi) is 9.27. The molecule has 0 spiro atoms. The van der Waals surface area contributed by atoms with Crippen LogP contribution in [-0.2, 0) is 23.0 Å². The summed E-state index contributed by atoms with van der Waals surface area (Å²) in [5, 5.41) is 24.3. The zero-order valence-electron chi connectivity index (χ0n) is 26.4. The molecule has 0 saturated heterocycles. The largest absolute Gasteiger partial charge is 0.490 e. The Hall–Kier alpha value is -3.82. The van der Waals surface area contributed by atoms with Gasteiger partial charge in [0.1, 0.15) is 17.2 Å². The van der Waals surface area contributed by atoms with E-state index in [1.807, 2.05) is 44.2 Å². The molecular formula is C34H44N2O7. The number of carbonyl (C=O) groups excluding carboxylic acids is 1. The molecule has 9 heteroatoms. The molecule has 3 aromatic rings. The van der Waals surface area contributed by atoms with Crippen LogP contribution in [0.25, 0.3) is 11.1 Å². The van der Waals surface area contributed by atoms with Crippen molar-refractivity contribution in [3.05, 3.63) is 75.2 Å². The minimum atomic E-state index is -1.12. The predicted octanol–water partition coefficient (Wildman–Crippen LogP) is 5.96. The van der Waals surface area contributed by atoms with E-state index in [-0.39, 0.29) is 17.7 Å². The maximum Gasteiger partial charge on any atom is 0.407 e. The van der Waals surface area contributed by atoms with Gasteiger partial charge in [-0.15, -0.1) is 0 Å². The van der Waals surface area contributed by atoms with Gasteiger partial charge in [-0.3, -0.25) is 4.79 Å². The van der Waals surface area contributed by atoms with E-state index in [4.69, 9.17) is 14.2 Å². The Balaban J connectivity index is 1.76. The molecule has 9 nitrogen and oxygen atoms in total. The van der Waals surface area contributed by atoms with Gasteiger partial charge in [0, 0.05) is 36.5 Å². The van der Waals surface area contributed by atoms with Crippen molar-refractivity contribution in [3.8, 4) is 28.4 Å². The van der Waals surface area contributed by atoms with Crippen LogP contribution in [0.1, 0.15) is 75.6 Å². The Labute approximate surface area is 253 Å². The molecule has 3 N–H and O–H groups in total. The standard InChI is InChI=1S/C34H44N2O7/c1-20-15-23(34(5,6)40)16-21(2)31(20)43-28-14-9-22(33(3,4)39)17-26(28)27-19-36(7)30(37)18-29(27)42-25-12-10-24(11-13-25)35-32(38)41-8/h9,14-19,24-25,39-40H,10-13H2,1-8H3,(H,35,38)/t24-,25-. The molecule has 0 radical (unpaired) electrons. The van der Waals surface area contributed by atoms with Crippen molar-refractivity contribution >= 4 is 6.09 Å². The van der Waals surface area contributed by atoms with Crippen molar-refractivity contribution in [1.82, 2.24) is 9.88 Å². The van der Waals surface area contributed by atoms with Gasteiger partial charge in [-0.25, -0.2) is 4.79 Å². The summed E-state index contributed by atoms with van der Waals surface area (Å²) in [6.45, 7) is 10.8. The van der Waals surface area contributed by atoms with E-state index in [9.17, 15) is 19.8 Å². The first kappa shape index (κ1) is 32.1. The maximum absolute atomic E-state index is 12.8. The van der Waals surface area contributed by atoms with Crippen LogP contribution in [0.5, 0.6) is 17.2 Å². The normalized spacial score (nSPS) is 17.3. The lowest BCUT2D eigenvalue weighted by Crippen LogP contribution is -2.39. The van der Waals surface area contributed by atoms with Crippen molar-refractivity contribution in [1.29, 1.82) is 0 Å². The molecule has 1 fully saturated rings. The number of aryl methyl sites for hydroxylation is 3. The summed E-state index contributed by atoms with van der Waals surface area (Å²) in [6, 6.07) is 10.8. The summed E-state index contributed by atoms with van der Waals surface area (Å²) < 4.78 is 19.3. The molecule has 1 amide bonds. The van der Waals surface area contributed by atoms with Crippen LogP contribution in [0.3, 0.4) is 0 Å². The van der Waals surface area contributed by atoms with E-state index in [1.54, 1.807) is 40.9 Å². The van der Waals surface area contributed by atoms with E-state index in [1.165, 1.54) is 17.7 Å². The van der Waals surface area contributed by atoms with Gasteiger partial charge in [-0.2, -0.15) is 0 Å². The van der Waals surface area contributed by atoms with Gasteiger partial charge < -0.3 is 34.3 Å². The van der Waals surface area contributed by atoms with E-state index in [0.29, 0.717) is 46.8 Å². The third-order valence-corrected chi connectivity index (χ3v) is 8.02. The first-order valence-corrected chi connectivity index (χ1v) is 14.7. The number of nitrogens with one attached hydrogen (secondary N) is 1. The molecule has 0 bridgehead atoms. The zero-order chi connectivity index (χ0) is 31.7. The van der Waals surface area contributed by atoms with Gasteiger partial charge in [-0.05, 0) is 114 Å². The molecule has 1 heterocycles. The average molecular weight is 593 g/mol. The number of hydrogen-bond donors (Lipinski definition) is 3. The van der Waals surface area contributed by atoms with Gasteiger partial charge in [-0.1, -0.05) is 6.07 Å². The Morgan fingerprint density at radius 2 is 1.49 bits per heavy atom. The molecule has 43 heavy (non-hydrogen) atoms. The van der Waals surface area contributed by atoms with Crippen LogP contribution in [0, 0.1) is 13.8 Å². The fourth-order valence-electron chi connectivity index (χ4n) is 5.43. The Morgan fingerprint density at radius 3 is 2.05 bits per heavy atom. The molecule has 1 aliphatic rings. The summed E-state index contributed by atoms with van der Waals surface area (Å²) in [6.07, 6.45) is 3.98. The number of aromatic nitrogens is 1. The molecule has 232 valence electrons. The number of hydrogen-bond acceptors (Lipinski definition) is 7. The summed E-state index contributed by atoms with van der Waals surface area (Å²) >= 11 is 0. The number of aliphatic hydroxyl groups is 2. The first-order chi connectivity index (χ1) is 20.1. The second kappa shape index (κ2) is 12.4. The molecule has 0 aliphatic heterocycles. The molecule has 2 aromatic carbocycles. The van der Waals surface area contributed by atoms with Crippen molar-refractivity contribution < 1.29 is 29.2 Å². The van der Waals surface area contributed by atoms with Crippen molar-refractivity contribution in [2.45, 2.75) is 90.6 Å². The van der Waals surface area contributed by atoms with E-state index >= 15 is 0 Å². The topological polar surface area (TPSA) is 119 Å². The summed E-state index contributed by atoms with van der Waals surface area (Å²) in [5.41, 5.74) is 2.18. The molecule has 1 aliphatic carbocycles. The minimum absolute atomic E-state index is 0.00755. The first-order valence-electron chi connectivity index (χ1n) is 14.7. The lowest BCUT2D eigenvalue weighted by atomic mass is 9.92. The number of methoxy groups -OCH3 is 1. The van der Waals surface area contributed by atoms with E-state index in [0.717, 1.165) is 29.5 Å². The van der Waals surface area contributed by atoms with E-state index < -0.39 is 17.3 Å². The second-order valence-electron chi connectivity index (χ2n) is 12.6. The highest BCUT2D eigenvalue weighted by Gasteiger charge is 2.27. The Morgan fingerprint density at radius 1 is 0.884 bits per heavy atom. The van der Waals surface area contributed by atoms with Gasteiger partial charge in [0.25, 0.3) is 5.56 Å². The third kappa shape index (κ3) is 7.58. The van der Waals surface area contributed by atoms with Crippen LogP contribution in [0.4, 0.5) is 4.79 Å². The van der Waals surface area contributed by atoms with E-state index in [2.05, 4.69) is 5.32 Å². The van der Waals surface area contributed by atoms with Crippen LogP contribution in [0.2, 0.25) is 0 Å². The third-order valence-electron chi connectivity index (χ3n) is 8.02. The second-order valence-corrected chi connectivity index (χ2v) is 12.6. The summed E-state index contributed by atoms with van der Waals surface area (Å²) in [4.78, 5) is 24.5. The van der Waals surface area contributed by atoms with Gasteiger partial charge in [0.05, 0.1) is 24.4 Å². The number of alkyl carbamates (subject to hydrolysis) is 1. The van der Waals surface area contributed by atoms with Gasteiger partial charge in [0.15, 0.2) is 0 Å². The van der Waals surface area contributed by atoms with Crippen LogP contribution in [-0.4, -0.2) is 40.1 Å². The lowest BCUT2D eigenvalue weighted by Gasteiger charge is -2.30. The highest BCUT2D eigenvalue weighted by molar-refractivity contribution is 5.76. The smallest absolute Gasteiger partial charge is 0.407 e. The predicted molar refractivity (Wildman–Crippen MR) is 166 cm³/mol. The number of benzene rings is 2. The SMILES string of the molecule is COC(=O)N[C@H]1CC[C@H](Oc2cc(=O)n(C)cc2-c2cc(C(C)(C)O)ccc2Oc2c(C)cc(C(C)(C)O)cc2C)CC1. The number of carbonyl (C=O) groups is 1. The fraction of sp³-hybridized carbons (Fsp3) is 0.471. The number of nitrogens with zero attached hydrogens (tertiary/aromatic N) is 1. The molecular weight excluding hydrogens is 548 g/mol. The van der Waals surface area contributed by atoms with Crippen molar-refractivity contribution in [2.24, 2.45) is 7.05 Å². The maximum atomic E-state index is 12.8. The number of amides is 1. The highest BCUT2D eigenvalue weighted by Crippen LogP contribution is 2.42. The minimum Gasteiger partial charge on any atom is -0.490 e. The average Bonchev–Trinajstić information content (AvgIpc) is 2.92. The van der Waals surface area contributed by atoms with Gasteiger partial charge >= 0.3 is 6.09 Å². The van der Waals surface area contributed by atoms with Gasteiger partial charge in [0.2, 0.25) is 0 Å². The Bertz CT molecular complexity index is 1510. The summed E-state index contributed by atoms with van der Waals surface area (Å²) in [7, 11) is 3.03. The molecule has 0 unspecified atom stereocenters. The fourth-order valence-corrected chi connectivity index (χ4v) is 5.43. The number of ether oxygens (including phenoxy) is 3.